The van der Waals surface area contributed by atoms with Crippen LogP contribution in [0.3, 0.4) is 0 Å². The van der Waals surface area contributed by atoms with Crippen molar-refractivity contribution >= 4 is 11.1 Å². The number of rotatable bonds is 4. The van der Waals surface area contributed by atoms with Crippen molar-refractivity contribution in [1.82, 2.24) is 10.3 Å². The van der Waals surface area contributed by atoms with E-state index in [0.29, 0.717) is 18.8 Å². The van der Waals surface area contributed by atoms with Gasteiger partial charge in [-0.3, -0.25) is 0 Å². The summed E-state index contributed by atoms with van der Waals surface area (Å²) in [5.74, 6) is 0.185. The standard InChI is InChI=1S/C14H15F3N2O3.C2H6/c1-8-19-11-3-9(4-18-13(5-20)6-21-7-13)2-10(12(11)22-8)14(15,16)17;1-2/h2-3,18,20H,4-7H2,1H3;1-2H3. The molecule has 0 bridgehead atoms. The first-order chi connectivity index (χ1) is 11.3. The highest BCUT2D eigenvalue weighted by molar-refractivity contribution is 5.78. The molecule has 134 valence electrons. The highest BCUT2D eigenvalue weighted by atomic mass is 19.4. The number of hydrogen-bond acceptors (Lipinski definition) is 5. The number of fused-ring (bicyclic) bond motifs is 1. The summed E-state index contributed by atoms with van der Waals surface area (Å²) in [6.07, 6.45) is -4.52. The van der Waals surface area contributed by atoms with Gasteiger partial charge in [0, 0.05) is 13.5 Å². The van der Waals surface area contributed by atoms with Gasteiger partial charge in [-0.05, 0) is 17.7 Å². The molecule has 1 fully saturated rings. The summed E-state index contributed by atoms with van der Waals surface area (Å²) in [5.41, 5.74) is -1.07. The molecule has 0 spiro atoms. The Morgan fingerprint density at radius 1 is 1.29 bits per heavy atom. The molecule has 0 unspecified atom stereocenters. The van der Waals surface area contributed by atoms with Crippen molar-refractivity contribution in [2.24, 2.45) is 0 Å². The molecular weight excluding hydrogens is 325 g/mol. The Morgan fingerprint density at radius 2 is 1.96 bits per heavy atom. The van der Waals surface area contributed by atoms with Gasteiger partial charge in [-0.1, -0.05) is 13.8 Å². The Kier molecular flexibility index (Phi) is 5.52. The van der Waals surface area contributed by atoms with Crippen LogP contribution in [-0.4, -0.2) is 35.5 Å². The van der Waals surface area contributed by atoms with Crippen molar-refractivity contribution in [3.05, 3.63) is 29.2 Å². The zero-order valence-electron chi connectivity index (χ0n) is 13.8. The summed E-state index contributed by atoms with van der Waals surface area (Å²) in [7, 11) is 0. The van der Waals surface area contributed by atoms with Crippen molar-refractivity contribution in [1.29, 1.82) is 0 Å². The maximum absolute atomic E-state index is 13.2. The van der Waals surface area contributed by atoms with Crippen LogP contribution in [0.1, 0.15) is 30.9 Å². The van der Waals surface area contributed by atoms with Crippen LogP contribution in [0, 0.1) is 6.92 Å². The lowest BCUT2D eigenvalue weighted by molar-refractivity contribution is -0.136. The molecule has 2 aromatic rings. The Labute approximate surface area is 137 Å². The van der Waals surface area contributed by atoms with E-state index in [2.05, 4.69) is 10.3 Å². The molecular formula is C16H21F3N2O3. The van der Waals surface area contributed by atoms with Crippen LogP contribution < -0.4 is 5.32 Å². The zero-order valence-corrected chi connectivity index (χ0v) is 13.8. The number of ether oxygens (including phenoxy) is 1. The second-order valence-corrected chi connectivity index (χ2v) is 5.51. The van der Waals surface area contributed by atoms with Gasteiger partial charge in [0.05, 0.1) is 25.4 Å². The molecule has 1 aromatic heterocycles. The van der Waals surface area contributed by atoms with E-state index in [4.69, 9.17) is 9.15 Å². The first-order valence-corrected chi connectivity index (χ1v) is 7.74. The summed E-state index contributed by atoms with van der Waals surface area (Å²) >= 11 is 0. The molecule has 0 amide bonds. The van der Waals surface area contributed by atoms with Gasteiger partial charge >= 0.3 is 6.18 Å². The number of oxazole rings is 1. The quantitative estimate of drug-likeness (QED) is 0.891. The van der Waals surface area contributed by atoms with E-state index in [1.165, 1.54) is 6.92 Å². The molecule has 2 N–H and O–H groups in total. The third-order valence-electron chi connectivity index (χ3n) is 3.69. The van der Waals surface area contributed by atoms with Crippen molar-refractivity contribution < 1.29 is 27.4 Å². The largest absolute Gasteiger partial charge is 0.440 e. The van der Waals surface area contributed by atoms with Crippen LogP contribution in [0.25, 0.3) is 11.1 Å². The second kappa shape index (κ2) is 7.08. The average molecular weight is 346 g/mol. The molecule has 0 atom stereocenters. The normalized spacial score (nSPS) is 16.5. The predicted molar refractivity (Wildman–Crippen MR) is 82.6 cm³/mol. The van der Waals surface area contributed by atoms with E-state index >= 15 is 0 Å². The third-order valence-corrected chi connectivity index (χ3v) is 3.69. The van der Waals surface area contributed by atoms with Gasteiger partial charge in [0.25, 0.3) is 0 Å². The second-order valence-electron chi connectivity index (χ2n) is 5.51. The molecule has 0 radical (unpaired) electrons. The van der Waals surface area contributed by atoms with Gasteiger partial charge in [0.15, 0.2) is 11.5 Å². The van der Waals surface area contributed by atoms with E-state index in [-0.39, 0.29) is 30.1 Å². The molecule has 3 rings (SSSR count). The van der Waals surface area contributed by atoms with Crippen LogP contribution in [0.15, 0.2) is 16.5 Å². The van der Waals surface area contributed by atoms with E-state index in [0.717, 1.165) is 6.07 Å². The lowest BCUT2D eigenvalue weighted by Crippen LogP contribution is -2.62. The summed E-state index contributed by atoms with van der Waals surface area (Å²) in [4.78, 5) is 3.98. The lowest BCUT2D eigenvalue weighted by atomic mass is 9.98. The molecule has 8 heteroatoms. The molecule has 1 aliphatic heterocycles. The fourth-order valence-corrected chi connectivity index (χ4v) is 2.40. The summed E-state index contributed by atoms with van der Waals surface area (Å²) in [5, 5.41) is 12.4. The topological polar surface area (TPSA) is 67.5 Å². The Bertz CT molecular complexity index is 688. The lowest BCUT2D eigenvalue weighted by Gasteiger charge is -2.40. The highest BCUT2D eigenvalue weighted by Crippen LogP contribution is 2.36. The maximum Gasteiger partial charge on any atom is 0.420 e. The SMILES string of the molecule is CC.Cc1nc2cc(CNC3(CO)COC3)cc(C(F)(F)F)c2o1. The van der Waals surface area contributed by atoms with Crippen LogP contribution in [-0.2, 0) is 17.5 Å². The minimum atomic E-state index is -4.52. The number of hydrogen-bond donors (Lipinski definition) is 2. The van der Waals surface area contributed by atoms with Gasteiger partial charge in [-0.25, -0.2) is 4.98 Å². The van der Waals surface area contributed by atoms with E-state index in [9.17, 15) is 18.3 Å². The molecule has 0 saturated carbocycles. The molecule has 1 saturated heterocycles. The summed E-state index contributed by atoms with van der Waals surface area (Å²) in [6.45, 7) is 6.21. The van der Waals surface area contributed by atoms with Crippen molar-refractivity contribution in [3.63, 3.8) is 0 Å². The van der Waals surface area contributed by atoms with Crippen LogP contribution in [0.4, 0.5) is 13.2 Å². The number of halogens is 3. The first-order valence-electron chi connectivity index (χ1n) is 7.74. The number of aliphatic hydroxyl groups excluding tert-OH is 1. The van der Waals surface area contributed by atoms with Crippen LogP contribution in [0.2, 0.25) is 0 Å². The number of nitrogens with zero attached hydrogens (tertiary/aromatic N) is 1. The number of aryl methyl sites for hydroxylation is 1. The van der Waals surface area contributed by atoms with E-state index in [1.807, 2.05) is 13.8 Å². The third kappa shape index (κ3) is 3.71. The number of nitrogens with one attached hydrogen (secondary N) is 1. The predicted octanol–water partition coefficient (Wildman–Crippen LogP) is 3.03. The highest BCUT2D eigenvalue weighted by Gasteiger charge is 2.38. The van der Waals surface area contributed by atoms with Crippen molar-refractivity contribution in [2.75, 3.05) is 19.8 Å². The molecule has 24 heavy (non-hydrogen) atoms. The number of benzene rings is 1. The minimum absolute atomic E-state index is 0.134. The zero-order chi connectivity index (χ0) is 18.0. The average Bonchev–Trinajstić information content (AvgIpc) is 2.86. The van der Waals surface area contributed by atoms with Crippen molar-refractivity contribution in [3.8, 4) is 0 Å². The van der Waals surface area contributed by atoms with Gasteiger partial charge in [-0.15, -0.1) is 0 Å². The fourth-order valence-electron chi connectivity index (χ4n) is 2.40. The number of aromatic nitrogens is 1. The number of alkyl halides is 3. The first kappa shape index (κ1) is 18.7. The van der Waals surface area contributed by atoms with Crippen LogP contribution in [0.5, 0.6) is 0 Å². The van der Waals surface area contributed by atoms with Gasteiger partial charge in [0.1, 0.15) is 11.1 Å². The van der Waals surface area contributed by atoms with Gasteiger partial charge in [-0.2, -0.15) is 13.2 Å². The molecule has 1 aromatic carbocycles. The smallest absolute Gasteiger partial charge is 0.420 e. The summed E-state index contributed by atoms with van der Waals surface area (Å²) < 4.78 is 49.6. The van der Waals surface area contributed by atoms with Crippen LogP contribution >= 0.6 is 0 Å². The monoisotopic (exact) mass is 346 g/mol. The number of aliphatic hydroxyl groups is 1. The Morgan fingerprint density at radius 3 is 2.46 bits per heavy atom. The molecule has 2 heterocycles. The minimum Gasteiger partial charge on any atom is -0.440 e. The Hall–Kier alpha value is -1.64. The van der Waals surface area contributed by atoms with E-state index in [1.54, 1.807) is 6.07 Å². The molecule has 5 nitrogen and oxygen atoms in total. The van der Waals surface area contributed by atoms with Gasteiger partial charge < -0.3 is 19.6 Å². The van der Waals surface area contributed by atoms with Crippen molar-refractivity contribution in [2.45, 2.75) is 39.0 Å². The molecule has 1 aliphatic rings. The molecule has 0 aliphatic carbocycles. The maximum atomic E-state index is 13.2. The van der Waals surface area contributed by atoms with E-state index < -0.39 is 17.3 Å². The summed E-state index contributed by atoms with van der Waals surface area (Å²) in [6, 6.07) is 2.60. The fraction of sp³-hybridized carbons (Fsp3) is 0.562. The van der Waals surface area contributed by atoms with Gasteiger partial charge in [0.2, 0.25) is 0 Å². The Balaban J connectivity index is 0.00000100.